The van der Waals surface area contributed by atoms with Crippen LogP contribution in [0, 0.1) is 21.4 Å². The van der Waals surface area contributed by atoms with E-state index in [1.165, 1.54) is 12.1 Å². The van der Waals surface area contributed by atoms with Crippen LogP contribution in [0.1, 0.15) is 5.56 Å². The van der Waals surface area contributed by atoms with E-state index in [0.29, 0.717) is 21.5 Å². The van der Waals surface area contributed by atoms with Crippen LogP contribution in [0.3, 0.4) is 0 Å². The molecular formula is C13H6Br2N2O3. The van der Waals surface area contributed by atoms with Gasteiger partial charge in [0, 0.05) is 10.5 Å². The molecule has 2 aromatic rings. The Bertz CT molecular complexity index is 726. The topological polar surface area (TPSA) is 76.2 Å². The minimum atomic E-state index is -0.494. The molecule has 0 unspecified atom stereocenters. The number of nitrogens with zero attached hydrogens (tertiary/aromatic N) is 2. The van der Waals surface area contributed by atoms with Crippen LogP contribution in [0.4, 0.5) is 5.69 Å². The van der Waals surface area contributed by atoms with Crippen molar-refractivity contribution in [2.75, 3.05) is 0 Å². The standard InChI is InChI=1S/C13H6Br2N2O3/c14-10-6-9(5-4-8(10)7-16)20-12-3-1-2-11(13(12)15)17(18)19/h1-6H. The van der Waals surface area contributed by atoms with Gasteiger partial charge in [0.25, 0.3) is 5.69 Å². The Hall–Kier alpha value is -1.91. The van der Waals surface area contributed by atoms with Gasteiger partial charge in [0.2, 0.25) is 0 Å². The van der Waals surface area contributed by atoms with E-state index in [1.54, 1.807) is 24.3 Å². The molecule has 0 N–H and O–H groups in total. The van der Waals surface area contributed by atoms with Crippen molar-refractivity contribution in [3.05, 3.63) is 61.0 Å². The molecule has 0 spiro atoms. The highest BCUT2D eigenvalue weighted by atomic mass is 79.9. The number of nitriles is 1. The molecule has 0 saturated carbocycles. The molecule has 0 heterocycles. The van der Waals surface area contributed by atoms with Gasteiger partial charge < -0.3 is 4.74 Å². The van der Waals surface area contributed by atoms with E-state index in [0.717, 1.165) is 0 Å². The number of halogens is 2. The summed E-state index contributed by atoms with van der Waals surface area (Å²) < 4.78 is 6.45. The highest BCUT2D eigenvalue weighted by Crippen LogP contribution is 2.37. The smallest absolute Gasteiger partial charge is 0.287 e. The maximum atomic E-state index is 10.8. The molecule has 0 atom stereocenters. The summed E-state index contributed by atoms with van der Waals surface area (Å²) in [5, 5.41) is 19.7. The number of benzene rings is 2. The quantitative estimate of drug-likeness (QED) is 0.551. The van der Waals surface area contributed by atoms with Gasteiger partial charge in [-0.25, -0.2) is 0 Å². The van der Waals surface area contributed by atoms with Crippen molar-refractivity contribution in [3.63, 3.8) is 0 Å². The molecule has 0 amide bonds. The average Bonchev–Trinajstić information content (AvgIpc) is 2.41. The molecule has 100 valence electrons. The van der Waals surface area contributed by atoms with Crippen molar-refractivity contribution >= 4 is 37.5 Å². The number of rotatable bonds is 3. The van der Waals surface area contributed by atoms with Gasteiger partial charge in [-0.15, -0.1) is 0 Å². The molecule has 20 heavy (non-hydrogen) atoms. The van der Waals surface area contributed by atoms with Gasteiger partial charge in [-0.05, 0) is 56.1 Å². The molecule has 7 heteroatoms. The maximum Gasteiger partial charge on any atom is 0.287 e. The third-order valence-corrected chi connectivity index (χ3v) is 3.88. The molecule has 0 bridgehead atoms. The van der Waals surface area contributed by atoms with Gasteiger partial charge in [0.05, 0.1) is 10.5 Å². The fraction of sp³-hybridized carbons (Fsp3) is 0. The summed E-state index contributed by atoms with van der Waals surface area (Å²) in [5.74, 6) is 0.799. The van der Waals surface area contributed by atoms with E-state index in [1.807, 2.05) is 6.07 Å². The third-order valence-electron chi connectivity index (χ3n) is 2.43. The number of nitro benzene ring substituents is 1. The van der Waals surface area contributed by atoms with Gasteiger partial charge in [0.15, 0.2) is 0 Å². The molecule has 5 nitrogen and oxygen atoms in total. The van der Waals surface area contributed by atoms with Gasteiger partial charge >= 0.3 is 0 Å². The van der Waals surface area contributed by atoms with Crippen molar-refractivity contribution in [2.45, 2.75) is 0 Å². The van der Waals surface area contributed by atoms with E-state index in [2.05, 4.69) is 31.9 Å². The normalized spacial score (nSPS) is 9.85. The second-order valence-corrected chi connectivity index (χ2v) is 5.35. The van der Waals surface area contributed by atoms with Crippen molar-refractivity contribution in [3.8, 4) is 17.6 Å². The summed E-state index contributed by atoms with van der Waals surface area (Å²) in [4.78, 5) is 10.3. The monoisotopic (exact) mass is 396 g/mol. The average molecular weight is 398 g/mol. The SMILES string of the molecule is N#Cc1ccc(Oc2cccc([N+](=O)[O-])c2Br)cc1Br. The fourth-order valence-electron chi connectivity index (χ4n) is 1.50. The Labute approximate surface area is 131 Å². The predicted molar refractivity (Wildman–Crippen MR) is 79.7 cm³/mol. The Kier molecular flexibility index (Phi) is 4.37. The third kappa shape index (κ3) is 2.98. The fourth-order valence-corrected chi connectivity index (χ4v) is 2.43. The molecule has 0 fully saturated rings. The maximum absolute atomic E-state index is 10.8. The molecule has 2 rings (SSSR count). The zero-order valence-electron chi connectivity index (χ0n) is 9.84. The van der Waals surface area contributed by atoms with Crippen LogP contribution < -0.4 is 4.74 Å². The lowest BCUT2D eigenvalue weighted by Gasteiger charge is -2.08. The lowest BCUT2D eigenvalue weighted by molar-refractivity contribution is -0.385. The molecular weight excluding hydrogens is 392 g/mol. The highest BCUT2D eigenvalue weighted by molar-refractivity contribution is 9.11. The first-order valence-electron chi connectivity index (χ1n) is 5.33. The van der Waals surface area contributed by atoms with Crippen LogP contribution in [-0.4, -0.2) is 4.92 Å². The largest absolute Gasteiger partial charge is 0.456 e. The second-order valence-electron chi connectivity index (χ2n) is 3.70. The number of nitro groups is 1. The summed E-state index contributed by atoms with van der Waals surface area (Å²) in [5.41, 5.74) is 0.408. The molecule has 0 saturated heterocycles. The van der Waals surface area contributed by atoms with Crippen LogP contribution >= 0.6 is 31.9 Å². The van der Waals surface area contributed by atoms with E-state index < -0.39 is 4.92 Å². The van der Waals surface area contributed by atoms with Gasteiger partial charge in [-0.3, -0.25) is 10.1 Å². The van der Waals surface area contributed by atoms with Gasteiger partial charge in [0.1, 0.15) is 22.0 Å². The Balaban J connectivity index is 2.36. The van der Waals surface area contributed by atoms with E-state index in [-0.39, 0.29) is 10.2 Å². The summed E-state index contributed by atoms with van der Waals surface area (Å²) in [7, 11) is 0. The molecule has 0 aliphatic heterocycles. The predicted octanol–water partition coefficient (Wildman–Crippen LogP) is 4.78. The summed E-state index contributed by atoms with van der Waals surface area (Å²) in [6, 6.07) is 11.4. The number of hydrogen-bond acceptors (Lipinski definition) is 4. The summed E-state index contributed by atoms with van der Waals surface area (Å²) >= 11 is 6.41. The van der Waals surface area contributed by atoms with Crippen molar-refractivity contribution in [1.29, 1.82) is 5.26 Å². The first-order chi connectivity index (χ1) is 9.52. The Morgan fingerprint density at radius 1 is 1.25 bits per heavy atom. The van der Waals surface area contributed by atoms with Crippen molar-refractivity contribution in [2.24, 2.45) is 0 Å². The van der Waals surface area contributed by atoms with Gasteiger partial charge in [-0.1, -0.05) is 6.07 Å². The van der Waals surface area contributed by atoms with Crippen molar-refractivity contribution < 1.29 is 9.66 Å². The highest BCUT2D eigenvalue weighted by Gasteiger charge is 2.16. The minimum absolute atomic E-state index is 0.0739. The van der Waals surface area contributed by atoms with Gasteiger partial charge in [-0.2, -0.15) is 5.26 Å². The summed E-state index contributed by atoms with van der Waals surface area (Å²) in [6.45, 7) is 0. The summed E-state index contributed by atoms with van der Waals surface area (Å²) in [6.07, 6.45) is 0. The van der Waals surface area contributed by atoms with E-state index >= 15 is 0 Å². The lowest BCUT2D eigenvalue weighted by atomic mass is 10.2. The zero-order chi connectivity index (χ0) is 14.7. The molecule has 0 radical (unpaired) electrons. The first kappa shape index (κ1) is 14.5. The van der Waals surface area contributed by atoms with E-state index in [9.17, 15) is 10.1 Å². The zero-order valence-corrected chi connectivity index (χ0v) is 13.0. The second kappa shape index (κ2) is 6.03. The van der Waals surface area contributed by atoms with Crippen LogP contribution in [0.15, 0.2) is 45.3 Å². The van der Waals surface area contributed by atoms with E-state index in [4.69, 9.17) is 10.00 Å². The number of ether oxygens (including phenoxy) is 1. The molecule has 0 aliphatic rings. The van der Waals surface area contributed by atoms with Crippen LogP contribution in [0.2, 0.25) is 0 Å². The minimum Gasteiger partial charge on any atom is -0.456 e. The van der Waals surface area contributed by atoms with Crippen LogP contribution in [0.5, 0.6) is 11.5 Å². The molecule has 0 aliphatic carbocycles. The molecule has 0 aromatic heterocycles. The number of hydrogen-bond donors (Lipinski definition) is 0. The first-order valence-corrected chi connectivity index (χ1v) is 6.92. The van der Waals surface area contributed by atoms with Crippen molar-refractivity contribution in [1.82, 2.24) is 0 Å². The Morgan fingerprint density at radius 2 is 2.00 bits per heavy atom. The van der Waals surface area contributed by atoms with Crippen LogP contribution in [-0.2, 0) is 0 Å². The lowest BCUT2D eigenvalue weighted by Crippen LogP contribution is -1.92. The Morgan fingerprint density at radius 3 is 2.60 bits per heavy atom. The molecule has 2 aromatic carbocycles. The van der Waals surface area contributed by atoms with Crippen LogP contribution in [0.25, 0.3) is 0 Å².